The van der Waals surface area contributed by atoms with Crippen molar-refractivity contribution in [1.82, 2.24) is 5.32 Å². The lowest BCUT2D eigenvalue weighted by Gasteiger charge is -2.23. The number of hydrogen-bond donors (Lipinski definition) is 2. The summed E-state index contributed by atoms with van der Waals surface area (Å²) >= 11 is 0. The zero-order valence-corrected chi connectivity index (χ0v) is 10.8. The predicted molar refractivity (Wildman–Crippen MR) is 64.1 cm³/mol. The van der Waals surface area contributed by atoms with Gasteiger partial charge in [-0.05, 0) is 12.3 Å². The molecule has 2 unspecified atom stereocenters. The maximum atomic E-state index is 11.7. The minimum Gasteiger partial charge on any atom is -0.481 e. The molecule has 1 rings (SSSR count). The molecular weight excluding hydrogens is 238 g/mol. The monoisotopic (exact) mass is 259 g/mol. The first kappa shape index (κ1) is 14.9. The molecule has 0 bridgehead atoms. The molecule has 1 amide bonds. The summed E-state index contributed by atoms with van der Waals surface area (Å²) in [5.41, 5.74) is 0. The number of ether oxygens (including phenoxy) is 2. The van der Waals surface area contributed by atoms with Crippen molar-refractivity contribution >= 4 is 11.9 Å². The van der Waals surface area contributed by atoms with Gasteiger partial charge in [0.25, 0.3) is 5.91 Å². The fraction of sp³-hybridized carbons (Fsp3) is 0.833. The number of carboxylic acid groups (broad SMARTS) is 1. The van der Waals surface area contributed by atoms with Crippen LogP contribution >= 0.6 is 0 Å². The summed E-state index contributed by atoms with van der Waals surface area (Å²) in [5.74, 6) is -1.47. The van der Waals surface area contributed by atoms with Gasteiger partial charge in [0.15, 0.2) is 6.10 Å². The smallest absolute Gasteiger partial charge is 0.308 e. The van der Waals surface area contributed by atoms with Crippen molar-refractivity contribution in [3.05, 3.63) is 0 Å². The fourth-order valence-electron chi connectivity index (χ4n) is 1.82. The van der Waals surface area contributed by atoms with E-state index in [0.29, 0.717) is 19.6 Å². The number of carbonyl (C=O) groups is 2. The summed E-state index contributed by atoms with van der Waals surface area (Å²) in [6.45, 7) is 5.16. The molecule has 1 aliphatic heterocycles. The molecule has 2 atom stereocenters. The van der Waals surface area contributed by atoms with Crippen LogP contribution < -0.4 is 5.32 Å². The van der Waals surface area contributed by atoms with Gasteiger partial charge in [0, 0.05) is 6.54 Å². The van der Waals surface area contributed by atoms with Gasteiger partial charge in [-0.2, -0.15) is 0 Å². The Bertz CT molecular complexity index is 286. The maximum absolute atomic E-state index is 11.7. The Morgan fingerprint density at radius 1 is 1.39 bits per heavy atom. The zero-order valence-electron chi connectivity index (χ0n) is 10.8. The lowest BCUT2D eigenvalue weighted by Crippen LogP contribution is -2.45. The van der Waals surface area contributed by atoms with E-state index >= 15 is 0 Å². The van der Waals surface area contributed by atoms with E-state index in [-0.39, 0.29) is 25.0 Å². The van der Waals surface area contributed by atoms with Crippen LogP contribution in [0.5, 0.6) is 0 Å². The quantitative estimate of drug-likeness (QED) is 0.715. The molecule has 0 aliphatic carbocycles. The maximum Gasteiger partial charge on any atom is 0.308 e. The van der Waals surface area contributed by atoms with Crippen LogP contribution in [0.25, 0.3) is 0 Å². The van der Waals surface area contributed by atoms with Gasteiger partial charge in [-0.25, -0.2) is 0 Å². The Labute approximate surface area is 107 Å². The number of aliphatic carboxylic acids is 1. The van der Waals surface area contributed by atoms with Crippen LogP contribution in [0.15, 0.2) is 0 Å². The Morgan fingerprint density at radius 2 is 2.11 bits per heavy atom. The second-order valence-electron chi connectivity index (χ2n) is 4.84. The Morgan fingerprint density at radius 3 is 2.61 bits per heavy atom. The van der Waals surface area contributed by atoms with Crippen LogP contribution in [0.1, 0.15) is 20.3 Å². The van der Waals surface area contributed by atoms with E-state index in [4.69, 9.17) is 14.6 Å². The van der Waals surface area contributed by atoms with E-state index in [0.717, 1.165) is 0 Å². The molecule has 1 fully saturated rings. The minimum absolute atomic E-state index is 0.131. The molecule has 0 radical (unpaired) electrons. The number of amides is 1. The highest BCUT2D eigenvalue weighted by molar-refractivity contribution is 5.81. The molecule has 6 nitrogen and oxygen atoms in total. The highest BCUT2D eigenvalue weighted by Gasteiger charge is 2.25. The van der Waals surface area contributed by atoms with Crippen molar-refractivity contribution in [2.75, 3.05) is 26.4 Å². The number of nitrogens with one attached hydrogen (secondary N) is 1. The molecule has 0 spiro atoms. The summed E-state index contributed by atoms with van der Waals surface area (Å²) in [7, 11) is 0. The molecule has 104 valence electrons. The highest BCUT2D eigenvalue weighted by atomic mass is 16.6. The number of carbonyl (C=O) groups excluding carboxylic acids is 1. The SMILES string of the molecule is CC(C)CC(CNC(=O)C1COCCO1)C(=O)O. The average Bonchev–Trinajstić information content (AvgIpc) is 2.34. The molecule has 0 aromatic carbocycles. The molecule has 18 heavy (non-hydrogen) atoms. The average molecular weight is 259 g/mol. The third-order valence-corrected chi connectivity index (χ3v) is 2.74. The first-order valence-electron chi connectivity index (χ1n) is 6.20. The summed E-state index contributed by atoms with van der Waals surface area (Å²) < 4.78 is 10.3. The Hall–Kier alpha value is -1.14. The molecule has 2 N–H and O–H groups in total. The molecular formula is C12H21NO5. The second-order valence-corrected chi connectivity index (χ2v) is 4.84. The molecule has 0 aromatic heterocycles. The second kappa shape index (κ2) is 7.33. The van der Waals surface area contributed by atoms with E-state index < -0.39 is 18.0 Å². The standard InChI is InChI=1S/C12H21NO5/c1-8(2)5-9(12(15)16)6-13-11(14)10-7-17-3-4-18-10/h8-10H,3-7H2,1-2H3,(H,13,14)(H,15,16). The molecule has 0 saturated carbocycles. The van der Waals surface area contributed by atoms with Crippen LogP contribution in [0.4, 0.5) is 0 Å². The normalized spacial score (nSPS) is 21.6. The van der Waals surface area contributed by atoms with Crippen molar-refractivity contribution in [3.63, 3.8) is 0 Å². The fourth-order valence-corrected chi connectivity index (χ4v) is 1.82. The van der Waals surface area contributed by atoms with E-state index in [2.05, 4.69) is 5.32 Å². The molecule has 0 aromatic rings. The van der Waals surface area contributed by atoms with Crippen LogP contribution in [0.2, 0.25) is 0 Å². The highest BCUT2D eigenvalue weighted by Crippen LogP contribution is 2.11. The third kappa shape index (κ3) is 5.01. The number of carboxylic acids is 1. The predicted octanol–water partition coefficient (Wildman–Crippen LogP) is 0.265. The van der Waals surface area contributed by atoms with Gasteiger partial charge in [0.05, 0.1) is 25.7 Å². The van der Waals surface area contributed by atoms with Gasteiger partial charge >= 0.3 is 5.97 Å². The van der Waals surface area contributed by atoms with Crippen LogP contribution in [0, 0.1) is 11.8 Å². The summed E-state index contributed by atoms with van der Waals surface area (Å²) in [6.07, 6.45) is -0.0790. The molecule has 6 heteroatoms. The van der Waals surface area contributed by atoms with Crippen LogP contribution in [0.3, 0.4) is 0 Å². The molecule has 1 heterocycles. The topological polar surface area (TPSA) is 84.9 Å². The Kier molecular flexibility index (Phi) is 6.07. The van der Waals surface area contributed by atoms with Gasteiger partial charge in [0.1, 0.15) is 0 Å². The van der Waals surface area contributed by atoms with Crippen molar-refractivity contribution in [2.24, 2.45) is 11.8 Å². The van der Waals surface area contributed by atoms with Crippen molar-refractivity contribution in [2.45, 2.75) is 26.4 Å². The lowest BCUT2D eigenvalue weighted by atomic mass is 9.97. The molecule has 1 aliphatic rings. The number of hydrogen-bond acceptors (Lipinski definition) is 4. The number of rotatable bonds is 6. The zero-order chi connectivity index (χ0) is 13.5. The lowest BCUT2D eigenvalue weighted by molar-refractivity contribution is -0.148. The van der Waals surface area contributed by atoms with E-state index in [1.165, 1.54) is 0 Å². The summed E-state index contributed by atoms with van der Waals surface area (Å²) in [5, 5.41) is 11.7. The van der Waals surface area contributed by atoms with Gasteiger partial charge in [-0.3, -0.25) is 9.59 Å². The summed E-state index contributed by atoms with van der Waals surface area (Å²) in [4.78, 5) is 22.7. The van der Waals surface area contributed by atoms with Gasteiger partial charge in [-0.15, -0.1) is 0 Å². The Balaban J connectivity index is 2.36. The van der Waals surface area contributed by atoms with Gasteiger partial charge in [-0.1, -0.05) is 13.8 Å². The van der Waals surface area contributed by atoms with E-state index in [1.807, 2.05) is 13.8 Å². The molecule has 1 saturated heterocycles. The van der Waals surface area contributed by atoms with E-state index in [9.17, 15) is 9.59 Å². The van der Waals surface area contributed by atoms with Crippen molar-refractivity contribution < 1.29 is 24.2 Å². The first-order valence-corrected chi connectivity index (χ1v) is 6.20. The first-order chi connectivity index (χ1) is 8.50. The van der Waals surface area contributed by atoms with Crippen LogP contribution in [-0.4, -0.2) is 49.5 Å². The van der Waals surface area contributed by atoms with E-state index in [1.54, 1.807) is 0 Å². The summed E-state index contributed by atoms with van der Waals surface area (Å²) in [6, 6.07) is 0. The van der Waals surface area contributed by atoms with Gasteiger partial charge in [0.2, 0.25) is 0 Å². The van der Waals surface area contributed by atoms with Crippen LogP contribution in [-0.2, 0) is 19.1 Å². The van der Waals surface area contributed by atoms with Crippen molar-refractivity contribution in [3.8, 4) is 0 Å². The van der Waals surface area contributed by atoms with Gasteiger partial charge < -0.3 is 19.9 Å². The largest absolute Gasteiger partial charge is 0.481 e. The third-order valence-electron chi connectivity index (χ3n) is 2.74. The van der Waals surface area contributed by atoms with Crippen molar-refractivity contribution in [1.29, 1.82) is 0 Å². The minimum atomic E-state index is -0.884.